The molecule has 172 valence electrons. The number of likely N-dealkylation sites (N-methyl/N-ethyl adjacent to an activating group) is 1. The predicted molar refractivity (Wildman–Crippen MR) is 125 cm³/mol. The molecule has 2 atom stereocenters. The van der Waals surface area contributed by atoms with Crippen molar-refractivity contribution < 1.29 is 19.1 Å². The molecule has 3 saturated heterocycles. The monoisotopic (exact) mass is 537 g/mol. The lowest BCUT2D eigenvalue weighted by Gasteiger charge is -2.37. The lowest BCUT2D eigenvalue weighted by Crippen LogP contribution is -2.56. The van der Waals surface area contributed by atoms with Gasteiger partial charge in [0.1, 0.15) is 12.6 Å². The standard InChI is InChI=1S/C20H35N5O4.HI/c1-23(2)18(26)15-22-20(21-14-16-6-3-4-12-28-16)25-10-8-24(9-11-25)19(27)17-7-5-13-29-17;/h16-17H,3-15H2,1-2H3,(H,21,22);1H. The molecule has 2 unspecified atom stereocenters. The molecule has 0 spiro atoms. The quantitative estimate of drug-likeness (QED) is 0.313. The highest BCUT2D eigenvalue weighted by atomic mass is 127. The molecule has 9 nitrogen and oxygen atoms in total. The van der Waals surface area contributed by atoms with Crippen molar-refractivity contribution in [3.05, 3.63) is 0 Å². The van der Waals surface area contributed by atoms with E-state index in [2.05, 4.69) is 15.2 Å². The van der Waals surface area contributed by atoms with Crippen LogP contribution in [0.2, 0.25) is 0 Å². The van der Waals surface area contributed by atoms with Crippen LogP contribution in [0.25, 0.3) is 0 Å². The fourth-order valence-electron chi connectivity index (χ4n) is 3.84. The molecule has 1 N–H and O–H groups in total. The van der Waals surface area contributed by atoms with E-state index in [0.717, 1.165) is 38.2 Å². The van der Waals surface area contributed by atoms with Gasteiger partial charge in [0.25, 0.3) is 5.91 Å². The summed E-state index contributed by atoms with van der Waals surface area (Å²) < 4.78 is 11.3. The van der Waals surface area contributed by atoms with Gasteiger partial charge >= 0.3 is 0 Å². The molecule has 0 aliphatic carbocycles. The minimum Gasteiger partial charge on any atom is -0.376 e. The van der Waals surface area contributed by atoms with E-state index in [9.17, 15) is 9.59 Å². The fourth-order valence-corrected chi connectivity index (χ4v) is 3.84. The molecular weight excluding hydrogens is 501 g/mol. The summed E-state index contributed by atoms with van der Waals surface area (Å²) in [5.74, 6) is 0.788. The summed E-state index contributed by atoms with van der Waals surface area (Å²) in [6.07, 6.45) is 5.04. The number of hydrogen-bond donors (Lipinski definition) is 1. The summed E-state index contributed by atoms with van der Waals surface area (Å²) in [6.45, 7) is 4.93. The van der Waals surface area contributed by atoms with E-state index in [0.29, 0.717) is 39.3 Å². The van der Waals surface area contributed by atoms with Gasteiger partial charge in [-0.15, -0.1) is 24.0 Å². The molecule has 0 aromatic heterocycles. The average Bonchev–Trinajstić information content (AvgIpc) is 3.29. The van der Waals surface area contributed by atoms with Crippen LogP contribution >= 0.6 is 24.0 Å². The van der Waals surface area contributed by atoms with Crippen LogP contribution in [0.3, 0.4) is 0 Å². The van der Waals surface area contributed by atoms with Crippen LogP contribution in [0.4, 0.5) is 0 Å². The van der Waals surface area contributed by atoms with Crippen LogP contribution in [-0.4, -0.2) is 111 Å². The second-order valence-corrected chi connectivity index (χ2v) is 8.11. The van der Waals surface area contributed by atoms with Crippen LogP contribution in [0.5, 0.6) is 0 Å². The third-order valence-corrected chi connectivity index (χ3v) is 5.72. The minimum absolute atomic E-state index is 0. The van der Waals surface area contributed by atoms with Gasteiger partial charge in [0.15, 0.2) is 5.96 Å². The van der Waals surface area contributed by atoms with Crippen molar-refractivity contribution in [2.75, 3.05) is 66.6 Å². The summed E-state index contributed by atoms with van der Waals surface area (Å²) in [4.78, 5) is 34.7. The van der Waals surface area contributed by atoms with Crippen LogP contribution in [-0.2, 0) is 19.1 Å². The Kier molecular flexibility index (Phi) is 10.6. The van der Waals surface area contributed by atoms with Crippen LogP contribution in [0.1, 0.15) is 32.1 Å². The summed E-state index contributed by atoms with van der Waals surface area (Å²) in [5, 5.41) is 3.40. The van der Waals surface area contributed by atoms with Crippen molar-refractivity contribution in [3.63, 3.8) is 0 Å². The molecule has 10 heteroatoms. The maximum absolute atomic E-state index is 12.6. The van der Waals surface area contributed by atoms with Crippen molar-refractivity contribution in [1.29, 1.82) is 0 Å². The van der Waals surface area contributed by atoms with Gasteiger partial charge in [-0.3, -0.25) is 9.59 Å². The van der Waals surface area contributed by atoms with Crippen molar-refractivity contribution in [1.82, 2.24) is 20.0 Å². The number of aliphatic imine (C=N–C) groups is 1. The number of amides is 2. The van der Waals surface area contributed by atoms with E-state index in [1.807, 2.05) is 4.90 Å². The third kappa shape index (κ3) is 7.23. The van der Waals surface area contributed by atoms with Gasteiger partial charge in [-0.25, -0.2) is 4.99 Å². The molecule has 3 heterocycles. The number of hydrogen-bond acceptors (Lipinski definition) is 5. The average molecular weight is 537 g/mol. The van der Waals surface area contributed by atoms with E-state index in [-0.39, 0.29) is 54.5 Å². The normalized spacial score (nSPS) is 24.9. The largest absolute Gasteiger partial charge is 0.376 e. The topological polar surface area (TPSA) is 86.7 Å². The van der Waals surface area contributed by atoms with Crippen molar-refractivity contribution >= 4 is 41.8 Å². The number of guanidine groups is 1. The number of carbonyl (C=O) groups excluding carboxylic acids is 2. The Labute approximate surface area is 196 Å². The Bertz CT molecular complexity index is 584. The number of piperazine rings is 1. The van der Waals surface area contributed by atoms with Gasteiger partial charge < -0.3 is 29.5 Å². The van der Waals surface area contributed by atoms with Crippen LogP contribution in [0, 0.1) is 0 Å². The molecule has 3 aliphatic rings. The van der Waals surface area contributed by atoms with E-state index >= 15 is 0 Å². The second-order valence-electron chi connectivity index (χ2n) is 8.11. The van der Waals surface area contributed by atoms with Gasteiger partial charge in [0.05, 0.1) is 6.10 Å². The molecule has 3 rings (SSSR count). The first kappa shape index (κ1) is 25.1. The first-order chi connectivity index (χ1) is 14.0. The Morgan fingerprint density at radius 2 is 1.70 bits per heavy atom. The van der Waals surface area contributed by atoms with Crippen LogP contribution in [0.15, 0.2) is 4.99 Å². The Hall–Kier alpha value is -1.14. The van der Waals surface area contributed by atoms with Gasteiger partial charge in [-0.05, 0) is 32.1 Å². The van der Waals surface area contributed by atoms with Gasteiger partial charge in [0, 0.05) is 60.0 Å². The third-order valence-electron chi connectivity index (χ3n) is 5.72. The zero-order valence-corrected chi connectivity index (χ0v) is 20.5. The molecule has 0 bridgehead atoms. The lowest BCUT2D eigenvalue weighted by molar-refractivity contribution is -0.142. The Morgan fingerprint density at radius 3 is 2.30 bits per heavy atom. The Morgan fingerprint density at radius 1 is 1.00 bits per heavy atom. The molecule has 0 radical (unpaired) electrons. The van der Waals surface area contributed by atoms with E-state index in [1.165, 1.54) is 6.42 Å². The zero-order valence-electron chi connectivity index (χ0n) is 18.2. The maximum atomic E-state index is 12.6. The van der Waals surface area contributed by atoms with E-state index in [1.54, 1.807) is 19.0 Å². The minimum atomic E-state index is -0.269. The highest BCUT2D eigenvalue weighted by Gasteiger charge is 2.31. The summed E-state index contributed by atoms with van der Waals surface area (Å²) in [6, 6.07) is 0. The van der Waals surface area contributed by atoms with Gasteiger partial charge in [0.2, 0.25) is 5.91 Å². The second kappa shape index (κ2) is 12.7. The molecule has 3 aliphatic heterocycles. The lowest BCUT2D eigenvalue weighted by atomic mass is 10.1. The fraction of sp³-hybridized carbons (Fsp3) is 0.850. The molecule has 3 fully saturated rings. The summed E-state index contributed by atoms with van der Waals surface area (Å²) in [5.41, 5.74) is 0. The van der Waals surface area contributed by atoms with E-state index in [4.69, 9.17) is 9.47 Å². The first-order valence-corrected chi connectivity index (χ1v) is 10.8. The highest BCUT2D eigenvalue weighted by molar-refractivity contribution is 14.0. The van der Waals surface area contributed by atoms with Crippen molar-refractivity contribution in [2.24, 2.45) is 4.99 Å². The Balaban J connectivity index is 0.00000320. The molecule has 30 heavy (non-hydrogen) atoms. The van der Waals surface area contributed by atoms with Gasteiger partial charge in [-0.1, -0.05) is 0 Å². The summed E-state index contributed by atoms with van der Waals surface area (Å²) >= 11 is 0. The summed E-state index contributed by atoms with van der Waals surface area (Å²) in [7, 11) is 3.46. The molecule has 0 aromatic rings. The van der Waals surface area contributed by atoms with Gasteiger partial charge in [-0.2, -0.15) is 0 Å². The molecule has 2 amide bonds. The number of halogens is 1. The number of nitrogens with zero attached hydrogens (tertiary/aromatic N) is 4. The maximum Gasteiger partial charge on any atom is 0.251 e. The zero-order chi connectivity index (χ0) is 20.6. The van der Waals surface area contributed by atoms with E-state index < -0.39 is 0 Å². The SMILES string of the molecule is CN(C)C(=O)CN=C(NCC1CCCCO1)N1CCN(C(=O)C2CCCO2)CC1.I. The molecule has 0 saturated carbocycles. The number of ether oxygens (including phenoxy) is 2. The first-order valence-electron chi connectivity index (χ1n) is 10.8. The molecule has 0 aromatic carbocycles. The smallest absolute Gasteiger partial charge is 0.251 e. The van der Waals surface area contributed by atoms with Crippen molar-refractivity contribution in [2.45, 2.75) is 44.3 Å². The predicted octanol–water partition coefficient (Wildman–Crippen LogP) is 0.531. The number of carbonyl (C=O) groups is 2. The highest BCUT2D eigenvalue weighted by Crippen LogP contribution is 2.16. The number of nitrogens with one attached hydrogen (secondary N) is 1. The van der Waals surface area contributed by atoms with Crippen LogP contribution < -0.4 is 5.32 Å². The number of rotatable bonds is 5. The van der Waals surface area contributed by atoms with Crippen molar-refractivity contribution in [3.8, 4) is 0 Å². The molecular formula is C20H36IN5O4.